The van der Waals surface area contributed by atoms with Crippen LogP contribution in [0.3, 0.4) is 0 Å². The number of aliphatic hydroxyl groups is 1. The highest BCUT2D eigenvalue weighted by Crippen LogP contribution is 2.39. The lowest BCUT2D eigenvalue weighted by atomic mass is 9.91. The van der Waals surface area contributed by atoms with Crippen LogP contribution in [0.25, 0.3) is 32.3 Å². The Hall–Kier alpha value is -2.32. The summed E-state index contributed by atoms with van der Waals surface area (Å²) < 4.78 is 0. The second kappa shape index (κ2) is 3.59. The van der Waals surface area contributed by atoms with Crippen LogP contribution in [-0.4, -0.2) is 10.2 Å². The zero-order valence-electron chi connectivity index (χ0n) is 10.2. The van der Waals surface area contributed by atoms with Crippen molar-refractivity contribution >= 4 is 32.3 Å². The van der Waals surface area contributed by atoms with E-state index in [9.17, 15) is 10.2 Å². The molecule has 0 aliphatic rings. The maximum absolute atomic E-state index is 10.1. The molecule has 4 rings (SSSR count). The van der Waals surface area contributed by atoms with Gasteiger partial charge in [0.15, 0.2) is 0 Å². The fourth-order valence-electron chi connectivity index (χ4n) is 3.01. The molecule has 2 nitrogen and oxygen atoms in total. The summed E-state index contributed by atoms with van der Waals surface area (Å²) in [5.41, 5.74) is 0.854. The van der Waals surface area contributed by atoms with Crippen LogP contribution in [0.4, 0.5) is 0 Å². The summed E-state index contributed by atoms with van der Waals surface area (Å²) in [7, 11) is 0. The average Bonchev–Trinajstić information content (AvgIpc) is 2.46. The molecule has 0 fully saturated rings. The zero-order chi connectivity index (χ0) is 13.0. The third-order valence-corrected chi connectivity index (χ3v) is 3.88. The maximum Gasteiger partial charge on any atom is 0.123 e. The molecule has 0 radical (unpaired) electrons. The van der Waals surface area contributed by atoms with Gasteiger partial charge in [-0.1, -0.05) is 36.4 Å². The number of hydrogen-bond acceptors (Lipinski definition) is 2. The van der Waals surface area contributed by atoms with Gasteiger partial charge in [0.2, 0.25) is 0 Å². The minimum absolute atomic E-state index is 0.0245. The molecular formula is C17H12O2. The van der Waals surface area contributed by atoms with E-state index in [-0.39, 0.29) is 12.4 Å². The Labute approximate surface area is 109 Å². The van der Waals surface area contributed by atoms with Gasteiger partial charge >= 0.3 is 0 Å². The van der Waals surface area contributed by atoms with Gasteiger partial charge in [0.1, 0.15) is 5.75 Å². The van der Waals surface area contributed by atoms with Crippen LogP contribution < -0.4 is 0 Å². The maximum atomic E-state index is 10.1. The van der Waals surface area contributed by atoms with Crippen LogP contribution in [0.2, 0.25) is 0 Å². The lowest BCUT2D eigenvalue weighted by Crippen LogP contribution is -1.90. The van der Waals surface area contributed by atoms with Crippen molar-refractivity contribution in [2.75, 3.05) is 0 Å². The molecule has 0 saturated heterocycles. The fourth-order valence-corrected chi connectivity index (χ4v) is 3.01. The molecule has 19 heavy (non-hydrogen) atoms. The molecule has 0 aliphatic heterocycles. The molecule has 4 aromatic rings. The molecule has 0 bridgehead atoms. The Morgan fingerprint density at radius 1 is 0.789 bits per heavy atom. The van der Waals surface area contributed by atoms with E-state index < -0.39 is 0 Å². The van der Waals surface area contributed by atoms with Gasteiger partial charge in [-0.25, -0.2) is 0 Å². The molecule has 2 N–H and O–H groups in total. The van der Waals surface area contributed by atoms with Gasteiger partial charge in [-0.05, 0) is 39.2 Å². The molecular weight excluding hydrogens is 236 g/mol. The molecule has 0 unspecified atom stereocenters. The van der Waals surface area contributed by atoms with E-state index in [1.54, 1.807) is 6.07 Å². The molecule has 2 heteroatoms. The number of benzene rings is 4. The highest BCUT2D eigenvalue weighted by Gasteiger charge is 2.13. The largest absolute Gasteiger partial charge is 0.507 e. The van der Waals surface area contributed by atoms with E-state index >= 15 is 0 Å². The van der Waals surface area contributed by atoms with Crippen LogP contribution in [0, 0.1) is 0 Å². The molecule has 0 saturated carbocycles. The van der Waals surface area contributed by atoms with Crippen LogP contribution in [0.1, 0.15) is 5.56 Å². The first-order chi connectivity index (χ1) is 9.29. The molecule has 0 heterocycles. The van der Waals surface area contributed by atoms with E-state index in [0.717, 1.165) is 37.9 Å². The number of phenols is 1. The number of aliphatic hydroxyl groups excluding tert-OH is 1. The normalized spacial score (nSPS) is 11.8. The topological polar surface area (TPSA) is 40.5 Å². The van der Waals surface area contributed by atoms with E-state index in [1.165, 1.54) is 0 Å². The van der Waals surface area contributed by atoms with Gasteiger partial charge < -0.3 is 10.2 Å². The summed E-state index contributed by atoms with van der Waals surface area (Å²) >= 11 is 0. The van der Waals surface area contributed by atoms with E-state index in [4.69, 9.17) is 0 Å². The van der Waals surface area contributed by atoms with Crippen molar-refractivity contribution < 1.29 is 10.2 Å². The molecule has 0 atom stereocenters. The van der Waals surface area contributed by atoms with Gasteiger partial charge in [-0.15, -0.1) is 0 Å². The van der Waals surface area contributed by atoms with E-state index in [1.807, 2.05) is 24.3 Å². The number of hydrogen-bond donors (Lipinski definition) is 2. The van der Waals surface area contributed by atoms with Gasteiger partial charge in [0.05, 0.1) is 6.61 Å². The van der Waals surface area contributed by atoms with Gasteiger partial charge in [-0.2, -0.15) is 0 Å². The standard InChI is InChI=1S/C17H12O2/c18-9-12-8-14-15(19)7-6-11-5-4-10-2-1-3-13(12)16(10)17(11)14/h1-8,18-19H,9H2. The molecule has 0 aliphatic carbocycles. The van der Waals surface area contributed by atoms with Crippen molar-refractivity contribution in [3.05, 3.63) is 54.1 Å². The van der Waals surface area contributed by atoms with Crippen LogP contribution >= 0.6 is 0 Å². The third kappa shape index (κ3) is 1.29. The summed E-state index contributed by atoms with van der Waals surface area (Å²) in [5, 5.41) is 26.0. The number of aromatic hydroxyl groups is 1. The smallest absolute Gasteiger partial charge is 0.123 e. The Bertz CT molecular complexity index is 909. The molecule has 92 valence electrons. The number of rotatable bonds is 1. The highest BCUT2D eigenvalue weighted by atomic mass is 16.3. The number of phenolic OH excluding ortho intramolecular Hbond substituents is 1. The van der Waals surface area contributed by atoms with Crippen molar-refractivity contribution in [2.24, 2.45) is 0 Å². The van der Waals surface area contributed by atoms with Crippen LogP contribution in [0.15, 0.2) is 48.5 Å². The monoisotopic (exact) mass is 248 g/mol. The lowest BCUT2D eigenvalue weighted by Gasteiger charge is -2.14. The molecule has 0 aromatic heterocycles. The summed E-state index contributed by atoms with van der Waals surface area (Å²) in [5.74, 6) is 0.264. The predicted molar refractivity (Wildman–Crippen MR) is 77.7 cm³/mol. The second-order valence-corrected chi connectivity index (χ2v) is 4.89. The SMILES string of the molecule is OCc1cc2c(O)ccc3ccc4cccc1c4c32. The average molecular weight is 248 g/mol. The van der Waals surface area contributed by atoms with Gasteiger partial charge in [-0.3, -0.25) is 0 Å². The van der Waals surface area contributed by atoms with Crippen molar-refractivity contribution in [1.29, 1.82) is 0 Å². The first-order valence-corrected chi connectivity index (χ1v) is 6.29. The van der Waals surface area contributed by atoms with E-state index in [2.05, 4.69) is 18.2 Å². The third-order valence-electron chi connectivity index (χ3n) is 3.88. The Balaban J connectivity index is 2.43. The molecule has 0 spiro atoms. The quantitative estimate of drug-likeness (QED) is 0.503. The summed E-state index contributed by atoms with van der Waals surface area (Å²) in [4.78, 5) is 0. The van der Waals surface area contributed by atoms with E-state index in [0.29, 0.717) is 0 Å². The van der Waals surface area contributed by atoms with Crippen molar-refractivity contribution in [3.63, 3.8) is 0 Å². The van der Waals surface area contributed by atoms with Gasteiger partial charge in [0, 0.05) is 10.8 Å². The Morgan fingerprint density at radius 2 is 1.47 bits per heavy atom. The zero-order valence-corrected chi connectivity index (χ0v) is 10.2. The minimum atomic E-state index is -0.0245. The molecule has 4 aromatic carbocycles. The predicted octanol–water partition coefficient (Wildman–Crippen LogP) is 3.78. The Kier molecular flexibility index (Phi) is 2.00. The summed E-state index contributed by atoms with van der Waals surface area (Å²) in [6.07, 6.45) is 0. The Morgan fingerprint density at radius 3 is 2.26 bits per heavy atom. The van der Waals surface area contributed by atoms with Crippen molar-refractivity contribution in [1.82, 2.24) is 0 Å². The van der Waals surface area contributed by atoms with Crippen LogP contribution in [-0.2, 0) is 6.61 Å². The second-order valence-electron chi connectivity index (χ2n) is 4.89. The molecule has 0 amide bonds. The van der Waals surface area contributed by atoms with Crippen molar-refractivity contribution in [2.45, 2.75) is 6.61 Å². The first-order valence-electron chi connectivity index (χ1n) is 6.29. The first kappa shape index (κ1) is 10.6. The van der Waals surface area contributed by atoms with Crippen LogP contribution in [0.5, 0.6) is 5.75 Å². The van der Waals surface area contributed by atoms with Crippen molar-refractivity contribution in [3.8, 4) is 5.75 Å². The fraction of sp³-hybridized carbons (Fsp3) is 0.0588. The minimum Gasteiger partial charge on any atom is -0.507 e. The summed E-state index contributed by atoms with van der Waals surface area (Å²) in [6.45, 7) is -0.0245. The van der Waals surface area contributed by atoms with Gasteiger partial charge in [0.25, 0.3) is 0 Å². The highest BCUT2D eigenvalue weighted by molar-refractivity contribution is 6.24. The summed E-state index contributed by atoms with van der Waals surface area (Å²) in [6, 6.07) is 15.8. The lowest BCUT2D eigenvalue weighted by molar-refractivity contribution is 0.283.